The number of benzene rings is 2. The van der Waals surface area contributed by atoms with Gasteiger partial charge in [-0.2, -0.15) is 0 Å². The molecule has 0 aliphatic carbocycles. The summed E-state index contributed by atoms with van der Waals surface area (Å²) in [6.07, 6.45) is 0. The van der Waals surface area contributed by atoms with Crippen molar-refractivity contribution < 1.29 is 18.3 Å². The number of aryl methyl sites for hydroxylation is 1. The fourth-order valence-corrected chi connectivity index (χ4v) is 2.65. The van der Waals surface area contributed by atoms with Gasteiger partial charge in [-0.25, -0.2) is 4.39 Å². The van der Waals surface area contributed by atoms with Crippen LogP contribution in [0.2, 0.25) is 0 Å². The van der Waals surface area contributed by atoms with Crippen molar-refractivity contribution in [3.05, 3.63) is 58.0 Å². The van der Waals surface area contributed by atoms with Crippen molar-refractivity contribution in [3.8, 4) is 5.75 Å². The summed E-state index contributed by atoms with van der Waals surface area (Å²) in [5.41, 5.74) is 1.34. The van der Waals surface area contributed by atoms with E-state index in [1.807, 2.05) is 0 Å². The van der Waals surface area contributed by atoms with Crippen LogP contribution in [-0.4, -0.2) is 13.0 Å². The summed E-state index contributed by atoms with van der Waals surface area (Å²) in [6.45, 7) is 1.78. The quantitative estimate of drug-likeness (QED) is 0.705. The largest absolute Gasteiger partial charge is 0.497 e. The molecular weight excluding hydrogens is 365 g/mol. The zero-order valence-corrected chi connectivity index (χ0v) is 14.0. The predicted molar refractivity (Wildman–Crippen MR) is 89.6 cm³/mol. The summed E-state index contributed by atoms with van der Waals surface area (Å²) in [4.78, 5) is 12.4. The molecule has 1 N–H and O–H groups in total. The van der Waals surface area contributed by atoms with E-state index >= 15 is 0 Å². The predicted octanol–water partition coefficient (Wildman–Crippen LogP) is 4.90. The molecule has 23 heavy (non-hydrogen) atoms. The van der Waals surface area contributed by atoms with Gasteiger partial charge in [-0.05, 0) is 43.3 Å². The molecule has 1 heterocycles. The minimum Gasteiger partial charge on any atom is -0.497 e. The maximum absolute atomic E-state index is 13.8. The van der Waals surface area contributed by atoms with Gasteiger partial charge in [0.2, 0.25) is 0 Å². The molecule has 3 aromatic rings. The molecule has 0 radical (unpaired) electrons. The maximum atomic E-state index is 13.8. The molecule has 0 spiro atoms. The monoisotopic (exact) mass is 377 g/mol. The molecule has 2 aromatic carbocycles. The average Bonchev–Trinajstić information content (AvgIpc) is 2.86. The highest BCUT2D eigenvalue weighted by Gasteiger charge is 2.19. The Bertz CT molecular complexity index is 904. The van der Waals surface area contributed by atoms with Gasteiger partial charge in [0.1, 0.15) is 17.1 Å². The van der Waals surface area contributed by atoms with E-state index in [-0.39, 0.29) is 11.4 Å². The summed E-state index contributed by atoms with van der Waals surface area (Å²) in [7, 11) is 1.57. The zero-order chi connectivity index (χ0) is 16.6. The first kappa shape index (κ1) is 15.6. The molecule has 1 aromatic heterocycles. The van der Waals surface area contributed by atoms with E-state index < -0.39 is 11.7 Å². The molecule has 118 valence electrons. The van der Waals surface area contributed by atoms with Gasteiger partial charge in [0, 0.05) is 15.4 Å². The first-order chi connectivity index (χ1) is 11.0. The summed E-state index contributed by atoms with van der Waals surface area (Å²) in [5, 5.41) is 3.31. The van der Waals surface area contributed by atoms with Crippen molar-refractivity contribution in [1.82, 2.24) is 0 Å². The second-order valence-electron chi connectivity index (χ2n) is 5.00. The Morgan fingerprint density at radius 3 is 2.74 bits per heavy atom. The first-order valence-electron chi connectivity index (χ1n) is 6.83. The van der Waals surface area contributed by atoms with E-state index in [0.29, 0.717) is 21.4 Å². The number of carbonyl (C=O) groups is 1. The van der Waals surface area contributed by atoms with Crippen LogP contribution in [0.3, 0.4) is 0 Å². The minimum atomic E-state index is -0.525. The van der Waals surface area contributed by atoms with Gasteiger partial charge in [0.15, 0.2) is 5.76 Å². The van der Waals surface area contributed by atoms with Crippen LogP contribution in [0.4, 0.5) is 10.1 Å². The second-order valence-corrected chi connectivity index (χ2v) is 5.91. The van der Waals surface area contributed by atoms with Crippen molar-refractivity contribution in [2.24, 2.45) is 0 Å². The lowest BCUT2D eigenvalue weighted by atomic mass is 10.1. The normalized spacial score (nSPS) is 10.8. The fraction of sp³-hybridized carbons (Fsp3) is 0.118. The third kappa shape index (κ3) is 2.94. The molecule has 4 nitrogen and oxygen atoms in total. The lowest BCUT2D eigenvalue weighted by molar-refractivity contribution is 0.0997. The number of ether oxygens (including phenoxy) is 1. The summed E-state index contributed by atoms with van der Waals surface area (Å²) < 4.78 is 25.2. The molecule has 0 aliphatic rings. The van der Waals surface area contributed by atoms with Gasteiger partial charge < -0.3 is 14.5 Å². The third-order valence-electron chi connectivity index (χ3n) is 3.53. The molecule has 0 aliphatic heterocycles. The van der Waals surface area contributed by atoms with Crippen LogP contribution in [-0.2, 0) is 0 Å². The number of halogens is 2. The van der Waals surface area contributed by atoms with Crippen molar-refractivity contribution >= 4 is 38.5 Å². The number of carbonyl (C=O) groups excluding carboxylic acids is 1. The number of nitrogens with one attached hydrogen (secondary N) is 1. The Morgan fingerprint density at radius 1 is 1.26 bits per heavy atom. The molecule has 0 bridgehead atoms. The van der Waals surface area contributed by atoms with Gasteiger partial charge in [-0.3, -0.25) is 4.79 Å². The number of anilines is 1. The Morgan fingerprint density at radius 2 is 2.04 bits per heavy atom. The highest BCUT2D eigenvalue weighted by atomic mass is 79.9. The highest BCUT2D eigenvalue weighted by Crippen LogP contribution is 2.29. The zero-order valence-electron chi connectivity index (χ0n) is 12.4. The summed E-state index contributed by atoms with van der Waals surface area (Å²) >= 11 is 3.17. The van der Waals surface area contributed by atoms with Crippen LogP contribution in [0, 0.1) is 12.7 Å². The van der Waals surface area contributed by atoms with E-state index in [4.69, 9.17) is 9.15 Å². The van der Waals surface area contributed by atoms with Crippen LogP contribution < -0.4 is 10.1 Å². The van der Waals surface area contributed by atoms with Gasteiger partial charge in [-0.1, -0.05) is 15.9 Å². The van der Waals surface area contributed by atoms with E-state index in [2.05, 4.69) is 21.2 Å². The van der Waals surface area contributed by atoms with Crippen LogP contribution in [0.5, 0.6) is 5.75 Å². The molecule has 0 unspecified atom stereocenters. The molecular formula is C17H13BrFNO3. The lowest BCUT2D eigenvalue weighted by Crippen LogP contribution is -2.13. The van der Waals surface area contributed by atoms with Crippen molar-refractivity contribution in [3.63, 3.8) is 0 Å². The average molecular weight is 378 g/mol. The molecule has 3 rings (SSSR count). The van der Waals surface area contributed by atoms with Gasteiger partial charge in [0.05, 0.1) is 12.8 Å². The van der Waals surface area contributed by atoms with Crippen LogP contribution >= 0.6 is 15.9 Å². The SMILES string of the molecule is COc1ccc2oc(C(=O)Nc3ccc(Br)cc3F)c(C)c2c1. The standard InChI is InChI=1S/C17H13BrFNO3/c1-9-12-8-11(22-2)4-6-15(12)23-16(9)17(21)20-14-5-3-10(18)7-13(14)19/h3-8H,1-2H3,(H,20,21). The number of rotatable bonds is 3. The Kier molecular flexibility index (Phi) is 4.09. The number of hydrogen-bond acceptors (Lipinski definition) is 3. The van der Waals surface area contributed by atoms with Gasteiger partial charge in [-0.15, -0.1) is 0 Å². The number of hydrogen-bond donors (Lipinski definition) is 1. The summed E-state index contributed by atoms with van der Waals surface area (Å²) in [6, 6.07) is 9.70. The van der Waals surface area contributed by atoms with Gasteiger partial charge >= 0.3 is 0 Å². The van der Waals surface area contributed by atoms with E-state index in [9.17, 15) is 9.18 Å². The van der Waals surface area contributed by atoms with Gasteiger partial charge in [0.25, 0.3) is 5.91 Å². The van der Waals surface area contributed by atoms with Crippen LogP contribution in [0.1, 0.15) is 16.1 Å². The Labute approximate surface area is 140 Å². The fourth-order valence-electron chi connectivity index (χ4n) is 2.31. The molecule has 0 atom stereocenters. The first-order valence-corrected chi connectivity index (χ1v) is 7.62. The Balaban J connectivity index is 1.96. The second kappa shape index (κ2) is 6.04. The van der Waals surface area contributed by atoms with E-state index in [0.717, 1.165) is 5.39 Å². The van der Waals surface area contributed by atoms with E-state index in [1.54, 1.807) is 38.3 Å². The molecule has 0 fully saturated rings. The van der Waals surface area contributed by atoms with Crippen LogP contribution in [0.25, 0.3) is 11.0 Å². The number of furan rings is 1. The Hall–Kier alpha value is -2.34. The number of methoxy groups -OCH3 is 1. The highest BCUT2D eigenvalue weighted by molar-refractivity contribution is 9.10. The van der Waals surface area contributed by atoms with E-state index in [1.165, 1.54) is 12.1 Å². The molecule has 6 heteroatoms. The molecule has 0 saturated carbocycles. The lowest BCUT2D eigenvalue weighted by Gasteiger charge is -2.05. The van der Waals surface area contributed by atoms with Crippen molar-refractivity contribution in [2.75, 3.05) is 12.4 Å². The van der Waals surface area contributed by atoms with Crippen molar-refractivity contribution in [2.45, 2.75) is 6.92 Å². The maximum Gasteiger partial charge on any atom is 0.291 e. The summed E-state index contributed by atoms with van der Waals surface area (Å²) in [5.74, 6) is -0.204. The third-order valence-corrected chi connectivity index (χ3v) is 4.02. The number of fused-ring (bicyclic) bond motifs is 1. The van der Waals surface area contributed by atoms with Crippen LogP contribution in [0.15, 0.2) is 45.3 Å². The van der Waals surface area contributed by atoms with Crippen molar-refractivity contribution in [1.29, 1.82) is 0 Å². The molecule has 1 amide bonds. The smallest absolute Gasteiger partial charge is 0.291 e. The number of amides is 1. The molecule has 0 saturated heterocycles. The topological polar surface area (TPSA) is 51.5 Å². The minimum absolute atomic E-state index is 0.0932.